The van der Waals surface area contributed by atoms with Gasteiger partial charge in [-0.1, -0.05) is 23.9 Å². The molecule has 0 saturated carbocycles. The van der Waals surface area contributed by atoms with E-state index in [4.69, 9.17) is 0 Å². The molecule has 3 aromatic rings. The van der Waals surface area contributed by atoms with Gasteiger partial charge in [0.2, 0.25) is 15.2 Å². The Bertz CT molecular complexity index is 1060. The Hall–Kier alpha value is -1.94. The van der Waals surface area contributed by atoms with E-state index in [1.165, 1.54) is 16.1 Å². The molecule has 1 atom stereocenters. The Balaban J connectivity index is 1.77. The lowest BCUT2D eigenvalue weighted by atomic mass is 10.2. The van der Waals surface area contributed by atoms with Crippen LogP contribution in [-0.2, 0) is 10.0 Å². The molecule has 1 saturated heterocycles. The molecule has 0 amide bonds. The molecular formula is C17H18N4O3S2. The lowest BCUT2D eigenvalue weighted by molar-refractivity contribution is 0.189. The van der Waals surface area contributed by atoms with Gasteiger partial charge in [-0.05, 0) is 36.9 Å². The first kappa shape index (κ1) is 17.5. The van der Waals surface area contributed by atoms with Gasteiger partial charge in [0, 0.05) is 18.7 Å². The van der Waals surface area contributed by atoms with Gasteiger partial charge in [-0.2, -0.15) is 4.31 Å². The van der Waals surface area contributed by atoms with Crippen LogP contribution in [0.15, 0.2) is 52.6 Å². The molecule has 26 heavy (non-hydrogen) atoms. The maximum atomic E-state index is 12.8. The van der Waals surface area contributed by atoms with Crippen molar-refractivity contribution in [3.63, 3.8) is 0 Å². The number of rotatable bonds is 4. The molecule has 3 heterocycles. The quantitative estimate of drug-likeness (QED) is 0.685. The second-order valence-corrected chi connectivity index (χ2v) is 8.84. The molecule has 0 bridgehead atoms. The highest BCUT2D eigenvalue weighted by atomic mass is 32.2. The molecule has 1 fully saturated rings. The second kappa shape index (κ2) is 6.66. The van der Waals surface area contributed by atoms with Crippen molar-refractivity contribution in [3.8, 4) is 11.3 Å². The summed E-state index contributed by atoms with van der Waals surface area (Å²) in [6.07, 6.45) is 3.52. The van der Waals surface area contributed by atoms with Crippen LogP contribution in [0.5, 0.6) is 0 Å². The molecule has 1 N–H and O–H groups in total. The number of aromatic nitrogens is 3. The summed E-state index contributed by atoms with van der Waals surface area (Å²) in [5.74, 6) is 0. The van der Waals surface area contributed by atoms with Crippen molar-refractivity contribution < 1.29 is 13.5 Å². The number of thioether (sulfide) groups is 1. The van der Waals surface area contributed by atoms with Crippen molar-refractivity contribution >= 4 is 27.3 Å². The Kier molecular flexibility index (Phi) is 4.47. The summed E-state index contributed by atoms with van der Waals surface area (Å²) < 4.78 is 28.8. The number of nitrogens with zero attached hydrogens (tertiary/aromatic N) is 4. The fraction of sp³-hybridized carbons (Fsp3) is 0.294. The number of fused-ring (bicyclic) bond motifs is 1. The van der Waals surface area contributed by atoms with Gasteiger partial charge in [0.05, 0.1) is 28.4 Å². The Morgan fingerprint density at radius 1 is 1.27 bits per heavy atom. The van der Waals surface area contributed by atoms with Gasteiger partial charge in [0.25, 0.3) is 0 Å². The van der Waals surface area contributed by atoms with Crippen molar-refractivity contribution in [2.45, 2.75) is 22.6 Å². The standard InChI is InChI=1S/C17H18N4O3S2/c1-25-17-18-10-13-5-6-16(21(13)19-17)12-3-2-4-15(9-12)26(23,24)20-8-7-14(22)11-20/h2-6,9-10,14,22H,7-8,11H2,1H3. The molecule has 1 aliphatic rings. The van der Waals surface area contributed by atoms with E-state index < -0.39 is 16.1 Å². The van der Waals surface area contributed by atoms with Gasteiger partial charge in [0.1, 0.15) is 0 Å². The molecule has 1 aromatic carbocycles. The van der Waals surface area contributed by atoms with E-state index in [-0.39, 0.29) is 11.4 Å². The zero-order valence-electron chi connectivity index (χ0n) is 14.1. The molecule has 136 valence electrons. The largest absolute Gasteiger partial charge is 0.392 e. The van der Waals surface area contributed by atoms with Crippen LogP contribution >= 0.6 is 11.8 Å². The van der Waals surface area contributed by atoms with E-state index in [1.807, 2.05) is 24.5 Å². The van der Waals surface area contributed by atoms with Gasteiger partial charge in [0.15, 0.2) is 0 Å². The molecular weight excluding hydrogens is 372 g/mol. The number of benzene rings is 1. The van der Waals surface area contributed by atoms with Gasteiger partial charge >= 0.3 is 0 Å². The lowest BCUT2D eigenvalue weighted by Gasteiger charge is -2.16. The molecule has 2 aromatic heterocycles. The maximum Gasteiger partial charge on any atom is 0.243 e. The first-order valence-corrected chi connectivity index (χ1v) is 10.8. The van der Waals surface area contributed by atoms with Crippen molar-refractivity contribution in [3.05, 3.63) is 42.6 Å². The van der Waals surface area contributed by atoms with E-state index >= 15 is 0 Å². The Labute approximate surface area is 155 Å². The summed E-state index contributed by atoms with van der Waals surface area (Å²) in [4.78, 5) is 4.47. The zero-order chi connectivity index (χ0) is 18.3. The van der Waals surface area contributed by atoms with Crippen molar-refractivity contribution in [2.24, 2.45) is 0 Å². The van der Waals surface area contributed by atoms with Crippen LogP contribution in [0.2, 0.25) is 0 Å². The van der Waals surface area contributed by atoms with Crippen LogP contribution < -0.4 is 0 Å². The molecule has 0 aliphatic carbocycles. The highest BCUT2D eigenvalue weighted by Crippen LogP contribution is 2.27. The topological polar surface area (TPSA) is 87.8 Å². The number of hydrogen-bond donors (Lipinski definition) is 1. The van der Waals surface area contributed by atoms with Crippen LogP contribution in [0.3, 0.4) is 0 Å². The van der Waals surface area contributed by atoms with Crippen LogP contribution in [0, 0.1) is 0 Å². The molecule has 1 aliphatic heterocycles. The highest BCUT2D eigenvalue weighted by Gasteiger charge is 2.31. The molecule has 0 radical (unpaired) electrons. The predicted octanol–water partition coefficient (Wildman–Crippen LogP) is 1.87. The van der Waals surface area contributed by atoms with Crippen molar-refractivity contribution in [2.75, 3.05) is 19.3 Å². The minimum Gasteiger partial charge on any atom is -0.392 e. The van der Waals surface area contributed by atoms with Gasteiger partial charge < -0.3 is 5.11 Å². The summed E-state index contributed by atoms with van der Waals surface area (Å²) in [5.41, 5.74) is 2.40. The van der Waals surface area contributed by atoms with Crippen LogP contribution in [-0.4, -0.2) is 57.9 Å². The third-order valence-corrected chi connectivity index (χ3v) is 6.87. The van der Waals surface area contributed by atoms with E-state index in [1.54, 1.807) is 28.9 Å². The molecule has 1 unspecified atom stereocenters. The normalized spacial score (nSPS) is 18.6. The van der Waals surface area contributed by atoms with E-state index in [0.29, 0.717) is 18.1 Å². The Morgan fingerprint density at radius 3 is 2.85 bits per heavy atom. The molecule has 9 heteroatoms. The van der Waals surface area contributed by atoms with E-state index in [0.717, 1.165) is 16.8 Å². The first-order chi connectivity index (χ1) is 12.5. The zero-order valence-corrected chi connectivity index (χ0v) is 15.7. The smallest absolute Gasteiger partial charge is 0.243 e. The van der Waals surface area contributed by atoms with E-state index in [9.17, 15) is 13.5 Å². The SMILES string of the molecule is CSc1ncc2ccc(-c3cccc(S(=O)(=O)N4CCC(O)C4)c3)n2n1. The monoisotopic (exact) mass is 390 g/mol. The van der Waals surface area contributed by atoms with Gasteiger partial charge in [-0.15, -0.1) is 5.10 Å². The fourth-order valence-electron chi connectivity index (χ4n) is 3.09. The van der Waals surface area contributed by atoms with Gasteiger partial charge in [-0.3, -0.25) is 0 Å². The summed E-state index contributed by atoms with van der Waals surface area (Å²) in [7, 11) is -3.62. The highest BCUT2D eigenvalue weighted by molar-refractivity contribution is 7.98. The van der Waals surface area contributed by atoms with Crippen molar-refractivity contribution in [1.29, 1.82) is 0 Å². The van der Waals surface area contributed by atoms with Gasteiger partial charge in [-0.25, -0.2) is 17.9 Å². The molecule has 7 nitrogen and oxygen atoms in total. The van der Waals surface area contributed by atoms with E-state index in [2.05, 4.69) is 10.1 Å². The van der Waals surface area contributed by atoms with Crippen LogP contribution in [0.1, 0.15) is 6.42 Å². The minimum absolute atomic E-state index is 0.144. The third kappa shape index (κ3) is 3.01. The molecule has 0 spiro atoms. The first-order valence-electron chi connectivity index (χ1n) is 8.16. The van der Waals surface area contributed by atoms with Crippen LogP contribution in [0.4, 0.5) is 0 Å². The number of aliphatic hydroxyl groups excluding tert-OH is 1. The number of sulfonamides is 1. The van der Waals surface area contributed by atoms with Crippen LogP contribution in [0.25, 0.3) is 16.8 Å². The summed E-state index contributed by atoms with van der Waals surface area (Å²) in [6, 6.07) is 10.6. The summed E-state index contributed by atoms with van der Waals surface area (Å²) in [5, 5.41) is 14.8. The maximum absolute atomic E-state index is 12.8. The summed E-state index contributed by atoms with van der Waals surface area (Å²) >= 11 is 1.45. The number of aliphatic hydroxyl groups is 1. The minimum atomic E-state index is -3.62. The Morgan fingerprint density at radius 2 is 2.12 bits per heavy atom. The number of hydrogen-bond acceptors (Lipinski definition) is 6. The summed E-state index contributed by atoms with van der Waals surface area (Å²) in [6.45, 7) is 0.483. The predicted molar refractivity (Wildman–Crippen MR) is 99.6 cm³/mol. The lowest BCUT2D eigenvalue weighted by Crippen LogP contribution is -2.29. The number of β-amino-alcohol motifs (C(OH)–C–C–N with tert-alkyl or cyclic N) is 1. The third-order valence-electron chi connectivity index (χ3n) is 4.45. The average Bonchev–Trinajstić information content (AvgIpc) is 3.27. The fourth-order valence-corrected chi connectivity index (χ4v) is 4.95. The van der Waals surface area contributed by atoms with Crippen molar-refractivity contribution in [1.82, 2.24) is 18.9 Å². The molecule has 4 rings (SSSR count). The average molecular weight is 390 g/mol. The second-order valence-electron chi connectivity index (χ2n) is 6.13.